The fourth-order valence-corrected chi connectivity index (χ4v) is 8.96. The van der Waals surface area contributed by atoms with E-state index in [1.807, 2.05) is 11.3 Å². The van der Waals surface area contributed by atoms with Gasteiger partial charge in [0.15, 0.2) is 0 Å². The molecule has 0 bridgehead atoms. The Morgan fingerprint density at radius 2 is 1.06 bits per heavy atom. The molecule has 0 unspecified atom stereocenters. The monoisotopic (exact) mass is 656 g/mol. The Morgan fingerprint density at radius 1 is 0.460 bits per heavy atom. The van der Waals surface area contributed by atoms with Crippen molar-refractivity contribution in [2.24, 2.45) is 0 Å². The highest BCUT2D eigenvalue weighted by Gasteiger charge is 2.19. The van der Waals surface area contributed by atoms with Gasteiger partial charge in [0, 0.05) is 32.3 Å². The van der Waals surface area contributed by atoms with Crippen LogP contribution in [0.5, 0.6) is 0 Å². The molecular formula is C47H32N2S. The smallest absolute Gasteiger partial charge is 0.114 e. The molecule has 0 amide bonds. The first-order valence-electron chi connectivity index (χ1n) is 17.3. The standard InChI is InChI=1S/C47H32N2S/c1-2-45-48-41-17-9-10-18-42(41)49(45)34-24-20-31(21-25-34)46-36-15-6-7-16-37(36)47(40-28-32(22-26-38(40)46)30-12-4-3-5-13-30)33-23-27-44-39(29-33)35-14-8-11-19-43(35)50-44/h3-29H,2H2,1H3. The summed E-state index contributed by atoms with van der Waals surface area (Å²) in [5.74, 6) is 1.07. The van der Waals surface area contributed by atoms with Crippen LogP contribution in [0.1, 0.15) is 12.7 Å². The zero-order valence-corrected chi connectivity index (χ0v) is 28.4. The maximum absolute atomic E-state index is 4.94. The van der Waals surface area contributed by atoms with Crippen LogP contribution in [0.4, 0.5) is 0 Å². The molecule has 0 N–H and O–H groups in total. The molecule has 3 heteroatoms. The van der Waals surface area contributed by atoms with Gasteiger partial charge in [-0.3, -0.25) is 4.57 Å². The summed E-state index contributed by atoms with van der Waals surface area (Å²) in [6.07, 6.45) is 0.865. The van der Waals surface area contributed by atoms with Gasteiger partial charge in [0.2, 0.25) is 0 Å². The summed E-state index contributed by atoms with van der Waals surface area (Å²) in [6, 6.07) is 60.1. The van der Waals surface area contributed by atoms with Crippen LogP contribution in [0.2, 0.25) is 0 Å². The van der Waals surface area contributed by atoms with Crippen LogP contribution < -0.4 is 0 Å². The summed E-state index contributed by atoms with van der Waals surface area (Å²) in [7, 11) is 0. The normalized spacial score (nSPS) is 11.8. The topological polar surface area (TPSA) is 17.8 Å². The number of nitrogens with zero attached hydrogens (tertiary/aromatic N) is 2. The first-order valence-corrected chi connectivity index (χ1v) is 18.1. The lowest BCUT2D eigenvalue weighted by Gasteiger charge is -2.19. The maximum atomic E-state index is 4.94. The molecule has 236 valence electrons. The number of hydrogen-bond donors (Lipinski definition) is 0. The minimum absolute atomic E-state index is 0.865. The van der Waals surface area contributed by atoms with E-state index in [1.165, 1.54) is 75.1 Å². The molecule has 0 saturated heterocycles. The van der Waals surface area contributed by atoms with Crippen LogP contribution in [-0.2, 0) is 6.42 Å². The van der Waals surface area contributed by atoms with E-state index in [1.54, 1.807) is 0 Å². The predicted octanol–water partition coefficient (Wildman–Crippen LogP) is 13.3. The van der Waals surface area contributed by atoms with Crippen LogP contribution in [0.3, 0.4) is 0 Å². The highest BCUT2D eigenvalue weighted by molar-refractivity contribution is 7.25. The molecule has 0 aliphatic carbocycles. The first kappa shape index (κ1) is 28.9. The van der Waals surface area contributed by atoms with Crippen molar-refractivity contribution >= 4 is 64.1 Å². The molecule has 0 fully saturated rings. The van der Waals surface area contributed by atoms with Crippen LogP contribution in [0, 0.1) is 0 Å². The fraction of sp³-hybridized carbons (Fsp3) is 0.0426. The van der Waals surface area contributed by atoms with Crippen LogP contribution in [0.15, 0.2) is 164 Å². The molecule has 0 spiro atoms. The molecule has 0 saturated carbocycles. The van der Waals surface area contributed by atoms with E-state index in [4.69, 9.17) is 4.98 Å². The molecule has 0 atom stereocenters. The molecule has 8 aromatic carbocycles. The van der Waals surface area contributed by atoms with Gasteiger partial charge in [0.25, 0.3) is 0 Å². The minimum Gasteiger partial charge on any atom is -0.296 e. The van der Waals surface area contributed by atoms with Gasteiger partial charge in [0.1, 0.15) is 5.82 Å². The van der Waals surface area contributed by atoms with Crippen molar-refractivity contribution in [3.8, 4) is 39.1 Å². The summed E-state index contributed by atoms with van der Waals surface area (Å²) in [5, 5.41) is 7.67. The number of aryl methyl sites for hydroxylation is 1. The van der Waals surface area contributed by atoms with Crippen molar-refractivity contribution in [1.29, 1.82) is 0 Å². The number of rotatable bonds is 5. The van der Waals surface area contributed by atoms with Gasteiger partial charge in [-0.2, -0.15) is 0 Å². The molecule has 2 aromatic heterocycles. The van der Waals surface area contributed by atoms with E-state index < -0.39 is 0 Å². The molecule has 10 rings (SSSR count). The van der Waals surface area contributed by atoms with Crippen molar-refractivity contribution in [2.75, 3.05) is 0 Å². The zero-order chi connectivity index (χ0) is 33.2. The number of aromatic nitrogens is 2. The molecule has 2 nitrogen and oxygen atoms in total. The summed E-state index contributed by atoms with van der Waals surface area (Å²) in [6.45, 7) is 2.17. The van der Waals surface area contributed by atoms with E-state index in [0.717, 1.165) is 29.0 Å². The Kier molecular flexibility index (Phi) is 6.68. The van der Waals surface area contributed by atoms with Crippen molar-refractivity contribution < 1.29 is 0 Å². The summed E-state index contributed by atoms with van der Waals surface area (Å²) >= 11 is 1.87. The van der Waals surface area contributed by atoms with E-state index in [-0.39, 0.29) is 0 Å². The van der Waals surface area contributed by atoms with E-state index in [0.29, 0.717) is 0 Å². The Hall–Kier alpha value is -6.03. The van der Waals surface area contributed by atoms with Gasteiger partial charge in [-0.05, 0) is 103 Å². The third kappa shape index (κ3) is 4.51. The number of fused-ring (bicyclic) bond motifs is 6. The second kappa shape index (κ2) is 11.5. The maximum Gasteiger partial charge on any atom is 0.114 e. The lowest BCUT2D eigenvalue weighted by molar-refractivity contribution is 0.908. The number of para-hydroxylation sites is 2. The Bertz CT molecular complexity index is 2890. The van der Waals surface area contributed by atoms with Crippen LogP contribution >= 0.6 is 11.3 Å². The zero-order valence-electron chi connectivity index (χ0n) is 27.6. The summed E-state index contributed by atoms with van der Waals surface area (Å²) in [5.41, 5.74) is 10.7. The third-order valence-corrected chi connectivity index (χ3v) is 11.3. The van der Waals surface area contributed by atoms with Gasteiger partial charge in [-0.1, -0.05) is 122 Å². The van der Waals surface area contributed by atoms with Gasteiger partial charge < -0.3 is 0 Å². The summed E-state index contributed by atoms with van der Waals surface area (Å²) < 4.78 is 4.95. The van der Waals surface area contributed by atoms with Crippen molar-refractivity contribution in [3.05, 3.63) is 170 Å². The third-order valence-electron chi connectivity index (χ3n) is 10.2. The Labute approximate surface area is 294 Å². The second-order valence-electron chi connectivity index (χ2n) is 13.0. The lowest BCUT2D eigenvalue weighted by atomic mass is 9.84. The fourth-order valence-electron chi connectivity index (χ4n) is 7.87. The molecule has 0 radical (unpaired) electrons. The average Bonchev–Trinajstić information content (AvgIpc) is 3.75. The van der Waals surface area contributed by atoms with Crippen molar-refractivity contribution in [1.82, 2.24) is 9.55 Å². The molecule has 2 heterocycles. The molecule has 10 aromatic rings. The van der Waals surface area contributed by atoms with Gasteiger partial charge in [-0.25, -0.2) is 4.98 Å². The highest BCUT2D eigenvalue weighted by Crippen LogP contribution is 2.46. The Morgan fingerprint density at radius 3 is 1.86 bits per heavy atom. The highest BCUT2D eigenvalue weighted by atomic mass is 32.1. The van der Waals surface area contributed by atoms with Gasteiger partial charge >= 0.3 is 0 Å². The molecule has 0 aliphatic rings. The quantitative estimate of drug-likeness (QED) is 0.169. The van der Waals surface area contributed by atoms with Crippen LogP contribution in [-0.4, -0.2) is 9.55 Å². The summed E-state index contributed by atoms with van der Waals surface area (Å²) in [4.78, 5) is 4.94. The van der Waals surface area contributed by atoms with Gasteiger partial charge in [0.05, 0.1) is 11.0 Å². The molecule has 50 heavy (non-hydrogen) atoms. The molecular weight excluding hydrogens is 625 g/mol. The second-order valence-corrected chi connectivity index (χ2v) is 14.1. The SMILES string of the molecule is CCc1nc2ccccc2n1-c1ccc(-c2c3ccccc3c(-c3ccc4sc5ccccc5c4c3)c3cc(-c4ccccc4)ccc23)cc1. The predicted molar refractivity (Wildman–Crippen MR) is 215 cm³/mol. The van der Waals surface area contributed by atoms with Crippen LogP contribution in [0.25, 0.3) is 91.8 Å². The first-order chi connectivity index (χ1) is 24.7. The number of imidazole rings is 1. The Balaban J connectivity index is 1.24. The lowest BCUT2D eigenvalue weighted by Crippen LogP contribution is -2.00. The number of thiophene rings is 1. The van der Waals surface area contributed by atoms with Crippen molar-refractivity contribution in [2.45, 2.75) is 13.3 Å². The largest absolute Gasteiger partial charge is 0.296 e. The van der Waals surface area contributed by atoms with Gasteiger partial charge in [-0.15, -0.1) is 11.3 Å². The van der Waals surface area contributed by atoms with E-state index in [9.17, 15) is 0 Å². The minimum atomic E-state index is 0.865. The number of hydrogen-bond acceptors (Lipinski definition) is 2. The van der Waals surface area contributed by atoms with E-state index in [2.05, 4.69) is 175 Å². The average molecular weight is 657 g/mol. The molecule has 0 aliphatic heterocycles. The van der Waals surface area contributed by atoms with Crippen molar-refractivity contribution in [3.63, 3.8) is 0 Å². The number of benzene rings is 8. The van der Waals surface area contributed by atoms with E-state index >= 15 is 0 Å².